The number of anilines is 2. The number of hydrogen-bond acceptors (Lipinski definition) is 3. The molecule has 0 fully saturated rings. The third-order valence-electron chi connectivity index (χ3n) is 3.60. The van der Waals surface area contributed by atoms with Gasteiger partial charge in [-0.15, -0.1) is 0 Å². The van der Waals surface area contributed by atoms with E-state index in [9.17, 15) is 22.4 Å². The van der Waals surface area contributed by atoms with E-state index in [1.165, 1.54) is 18.3 Å². The van der Waals surface area contributed by atoms with Crippen LogP contribution >= 0.6 is 0 Å². The summed E-state index contributed by atoms with van der Waals surface area (Å²) in [6.07, 6.45) is 1.24. The van der Waals surface area contributed by atoms with Gasteiger partial charge in [-0.3, -0.25) is 9.78 Å². The van der Waals surface area contributed by atoms with E-state index < -0.39 is 34.9 Å². The van der Waals surface area contributed by atoms with Crippen molar-refractivity contribution in [3.05, 3.63) is 77.5 Å². The van der Waals surface area contributed by atoms with Crippen LogP contribution in [-0.4, -0.2) is 10.9 Å². The first-order valence-electron chi connectivity index (χ1n) is 7.33. The second kappa shape index (κ2) is 6.83. The number of nitrogens with two attached hydrogens (primary N) is 1. The van der Waals surface area contributed by atoms with E-state index in [4.69, 9.17) is 5.73 Å². The largest absolute Gasteiger partial charge is 0.398 e. The van der Waals surface area contributed by atoms with Gasteiger partial charge in [-0.25, -0.2) is 17.6 Å². The number of nitrogens with zero attached hydrogens (tertiary/aromatic N) is 1. The quantitative estimate of drug-likeness (QED) is 0.689. The Hall–Kier alpha value is -3.42. The standard InChI is InChI=1S/C18H11F4N3O/c19-9-4-5-10(12(21)8-9)17-15(13(23)6-7-24-17)18(26)25-14-3-1-2-11(20)16(14)22/h1-8H,(H2,23,24)(H,25,26). The Morgan fingerprint density at radius 2 is 1.77 bits per heavy atom. The molecule has 1 aromatic heterocycles. The molecule has 1 heterocycles. The first-order valence-corrected chi connectivity index (χ1v) is 7.33. The van der Waals surface area contributed by atoms with E-state index in [0.29, 0.717) is 6.07 Å². The van der Waals surface area contributed by atoms with Crippen LogP contribution in [0, 0.1) is 23.3 Å². The fraction of sp³-hybridized carbons (Fsp3) is 0. The predicted octanol–water partition coefficient (Wildman–Crippen LogP) is 4.14. The van der Waals surface area contributed by atoms with Crippen LogP contribution in [0.1, 0.15) is 10.4 Å². The summed E-state index contributed by atoms with van der Waals surface area (Å²) in [5, 5.41) is 2.18. The molecule has 3 N–H and O–H groups in total. The van der Waals surface area contributed by atoms with E-state index in [2.05, 4.69) is 10.3 Å². The van der Waals surface area contributed by atoms with Crippen molar-refractivity contribution in [1.29, 1.82) is 0 Å². The normalized spacial score (nSPS) is 10.6. The van der Waals surface area contributed by atoms with Gasteiger partial charge in [0.2, 0.25) is 0 Å². The lowest BCUT2D eigenvalue weighted by Crippen LogP contribution is -2.17. The fourth-order valence-corrected chi connectivity index (χ4v) is 2.39. The number of nitrogen functional groups attached to an aromatic ring is 1. The summed E-state index contributed by atoms with van der Waals surface area (Å²) in [5.74, 6) is -5.07. The molecule has 0 atom stereocenters. The van der Waals surface area contributed by atoms with Gasteiger partial charge >= 0.3 is 0 Å². The number of aromatic nitrogens is 1. The lowest BCUT2D eigenvalue weighted by atomic mass is 10.0. The van der Waals surface area contributed by atoms with E-state index in [-0.39, 0.29) is 22.5 Å². The topological polar surface area (TPSA) is 68.0 Å². The van der Waals surface area contributed by atoms with Gasteiger partial charge in [0.25, 0.3) is 5.91 Å². The van der Waals surface area contributed by atoms with Gasteiger partial charge < -0.3 is 11.1 Å². The Labute approximate surface area is 145 Å². The SMILES string of the molecule is Nc1ccnc(-c2ccc(F)cc2F)c1C(=O)Nc1cccc(F)c1F. The maximum atomic E-state index is 14.1. The molecular formula is C18H11F4N3O. The lowest BCUT2D eigenvalue weighted by Gasteiger charge is -2.13. The molecule has 4 nitrogen and oxygen atoms in total. The minimum absolute atomic E-state index is 0.0620. The molecule has 3 aromatic rings. The van der Waals surface area contributed by atoms with Crippen molar-refractivity contribution in [2.24, 2.45) is 0 Å². The third kappa shape index (κ3) is 3.21. The molecule has 0 saturated carbocycles. The molecule has 0 saturated heterocycles. The Kier molecular flexibility index (Phi) is 4.57. The van der Waals surface area contributed by atoms with Crippen LogP contribution in [-0.2, 0) is 0 Å². The van der Waals surface area contributed by atoms with Crippen LogP contribution in [0.15, 0.2) is 48.7 Å². The van der Waals surface area contributed by atoms with Crippen LogP contribution in [0.4, 0.5) is 28.9 Å². The average Bonchev–Trinajstić information content (AvgIpc) is 2.58. The molecule has 0 radical (unpaired) electrons. The van der Waals surface area contributed by atoms with Gasteiger partial charge in [0.1, 0.15) is 11.6 Å². The number of rotatable bonds is 3. The Bertz CT molecular complexity index is 1010. The van der Waals surface area contributed by atoms with Crippen molar-refractivity contribution >= 4 is 17.3 Å². The summed E-state index contributed by atoms with van der Waals surface area (Å²) in [7, 11) is 0. The van der Waals surface area contributed by atoms with Gasteiger partial charge in [-0.1, -0.05) is 6.07 Å². The van der Waals surface area contributed by atoms with Crippen molar-refractivity contribution in [3.63, 3.8) is 0 Å². The van der Waals surface area contributed by atoms with Gasteiger partial charge in [0.05, 0.1) is 16.9 Å². The number of pyridine rings is 1. The van der Waals surface area contributed by atoms with Crippen molar-refractivity contribution in [3.8, 4) is 11.3 Å². The molecular weight excluding hydrogens is 350 g/mol. The summed E-state index contributed by atoms with van der Waals surface area (Å²) < 4.78 is 54.3. The molecule has 0 bridgehead atoms. The number of carbonyl (C=O) groups excluding carboxylic acids is 1. The Morgan fingerprint density at radius 3 is 2.50 bits per heavy atom. The highest BCUT2D eigenvalue weighted by molar-refractivity contribution is 6.11. The third-order valence-corrected chi connectivity index (χ3v) is 3.60. The van der Waals surface area contributed by atoms with Crippen molar-refractivity contribution in [2.75, 3.05) is 11.1 Å². The van der Waals surface area contributed by atoms with Crippen LogP contribution in [0.25, 0.3) is 11.3 Å². The summed E-state index contributed by atoms with van der Waals surface area (Å²) in [5.41, 5.74) is 4.75. The minimum Gasteiger partial charge on any atom is -0.398 e. The number of nitrogens with one attached hydrogen (secondary N) is 1. The highest BCUT2D eigenvalue weighted by Crippen LogP contribution is 2.29. The minimum atomic E-state index is -1.25. The highest BCUT2D eigenvalue weighted by Gasteiger charge is 2.21. The molecule has 0 aliphatic carbocycles. The first kappa shape index (κ1) is 17.4. The van der Waals surface area contributed by atoms with Crippen molar-refractivity contribution in [1.82, 2.24) is 4.98 Å². The zero-order valence-corrected chi connectivity index (χ0v) is 13.1. The molecule has 0 unspecified atom stereocenters. The number of amides is 1. The summed E-state index contributed by atoms with van der Waals surface area (Å²) in [4.78, 5) is 16.5. The van der Waals surface area contributed by atoms with E-state index in [0.717, 1.165) is 24.3 Å². The van der Waals surface area contributed by atoms with Gasteiger partial charge in [-0.2, -0.15) is 0 Å². The van der Waals surface area contributed by atoms with E-state index >= 15 is 0 Å². The summed E-state index contributed by atoms with van der Waals surface area (Å²) in [6.45, 7) is 0. The van der Waals surface area contributed by atoms with E-state index in [1.54, 1.807) is 0 Å². The zero-order chi connectivity index (χ0) is 18.8. The maximum Gasteiger partial charge on any atom is 0.260 e. The average molecular weight is 361 g/mol. The molecule has 2 aromatic carbocycles. The summed E-state index contributed by atoms with van der Waals surface area (Å²) >= 11 is 0. The zero-order valence-electron chi connectivity index (χ0n) is 13.1. The van der Waals surface area contributed by atoms with Crippen molar-refractivity contribution in [2.45, 2.75) is 0 Å². The summed E-state index contributed by atoms with van der Waals surface area (Å²) in [6, 6.07) is 7.28. The van der Waals surface area contributed by atoms with Gasteiger partial charge in [0.15, 0.2) is 11.6 Å². The maximum absolute atomic E-state index is 14.1. The number of halogens is 4. The predicted molar refractivity (Wildman–Crippen MR) is 88.3 cm³/mol. The second-order valence-electron chi connectivity index (χ2n) is 5.30. The monoisotopic (exact) mass is 361 g/mol. The van der Waals surface area contributed by atoms with Crippen LogP contribution in [0.5, 0.6) is 0 Å². The molecule has 0 aliphatic rings. The Morgan fingerprint density at radius 1 is 1.00 bits per heavy atom. The van der Waals surface area contributed by atoms with Crippen LogP contribution < -0.4 is 11.1 Å². The molecule has 132 valence electrons. The number of hydrogen-bond donors (Lipinski definition) is 2. The van der Waals surface area contributed by atoms with Crippen molar-refractivity contribution < 1.29 is 22.4 Å². The highest BCUT2D eigenvalue weighted by atomic mass is 19.2. The molecule has 0 aliphatic heterocycles. The first-order chi connectivity index (χ1) is 12.4. The Balaban J connectivity index is 2.07. The molecule has 8 heteroatoms. The second-order valence-corrected chi connectivity index (χ2v) is 5.30. The molecule has 3 rings (SSSR count). The smallest absolute Gasteiger partial charge is 0.260 e. The van der Waals surface area contributed by atoms with Gasteiger partial charge in [-0.05, 0) is 30.3 Å². The van der Waals surface area contributed by atoms with Gasteiger partial charge in [0, 0.05) is 23.5 Å². The van der Waals surface area contributed by atoms with E-state index in [1.807, 2.05) is 0 Å². The van der Waals surface area contributed by atoms with Crippen LogP contribution in [0.2, 0.25) is 0 Å². The van der Waals surface area contributed by atoms with Crippen LogP contribution in [0.3, 0.4) is 0 Å². The molecule has 0 spiro atoms. The number of carbonyl (C=O) groups is 1. The molecule has 26 heavy (non-hydrogen) atoms. The number of benzene rings is 2. The fourth-order valence-electron chi connectivity index (χ4n) is 2.39. The molecule has 1 amide bonds. The lowest BCUT2D eigenvalue weighted by molar-refractivity contribution is 0.102.